The average Bonchev–Trinajstić information content (AvgIpc) is 2.47. The third-order valence-electron chi connectivity index (χ3n) is 5.11. The number of rotatable bonds is 6. The Kier molecular flexibility index (Phi) is 7.19. The first-order valence-corrected chi connectivity index (χ1v) is 9.62. The van der Waals surface area contributed by atoms with Crippen LogP contribution in [0, 0.1) is 11.8 Å². The van der Waals surface area contributed by atoms with Gasteiger partial charge in [-0.3, -0.25) is 9.59 Å². The van der Waals surface area contributed by atoms with E-state index in [1.54, 1.807) is 0 Å². The van der Waals surface area contributed by atoms with Crippen LogP contribution in [-0.2, 0) is 9.59 Å². The summed E-state index contributed by atoms with van der Waals surface area (Å²) in [5.41, 5.74) is 0. The molecular weight excluding hydrogens is 346 g/mol. The molecule has 22 heavy (non-hydrogen) atoms. The molecule has 0 radical (unpaired) electrons. The second-order valence-electron chi connectivity index (χ2n) is 6.98. The van der Waals surface area contributed by atoms with Crippen LogP contribution >= 0.6 is 15.9 Å². The molecule has 4 nitrogen and oxygen atoms in total. The lowest BCUT2D eigenvalue weighted by Crippen LogP contribution is -2.42. The minimum absolute atomic E-state index is 0.172. The van der Waals surface area contributed by atoms with Crippen LogP contribution in [0.25, 0.3) is 0 Å². The summed E-state index contributed by atoms with van der Waals surface area (Å²) in [5, 5.41) is 12.0. The Balaban J connectivity index is 1.72. The molecule has 126 valence electrons. The molecule has 0 aliphatic heterocycles. The van der Waals surface area contributed by atoms with Crippen LogP contribution in [0.1, 0.15) is 70.6 Å². The molecule has 5 heteroatoms. The van der Waals surface area contributed by atoms with Crippen LogP contribution in [0.15, 0.2) is 0 Å². The fraction of sp³-hybridized carbons (Fsp3) is 0.882. The first kappa shape index (κ1) is 17.8. The van der Waals surface area contributed by atoms with Gasteiger partial charge in [-0.25, -0.2) is 0 Å². The first-order valence-electron chi connectivity index (χ1n) is 8.71. The summed E-state index contributed by atoms with van der Waals surface area (Å²) in [5.74, 6) is 0.279. The molecule has 0 bridgehead atoms. The number of halogens is 1. The monoisotopic (exact) mass is 373 g/mol. The molecule has 1 amide bonds. The van der Waals surface area contributed by atoms with E-state index in [1.807, 2.05) is 0 Å². The molecule has 2 N–H and O–H groups in total. The SMILES string of the molecule is O=C(O)CCCC1CCCC(NC(=O)C2CCCC(Br)C2)C1. The summed E-state index contributed by atoms with van der Waals surface area (Å²) < 4.78 is 0. The normalized spacial score (nSPS) is 32.4. The van der Waals surface area contributed by atoms with Crippen LogP contribution in [0.2, 0.25) is 0 Å². The van der Waals surface area contributed by atoms with E-state index in [1.165, 1.54) is 12.8 Å². The minimum Gasteiger partial charge on any atom is -0.481 e. The zero-order valence-electron chi connectivity index (χ0n) is 13.2. The number of nitrogens with one attached hydrogen (secondary N) is 1. The number of carbonyl (C=O) groups is 2. The molecule has 0 aromatic carbocycles. The molecular formula is C17H28BrNO3. The molecule has 0 aromatic heterocycles. The smallest absolute Gasteiger partial charge is 0.303 e. The van der Waals surface area contributed by atoms with Gasteiger partial charge in [-0.1, -0.05) is 35.2 Å². The fourth-order valence-corrected chi connectivity index (χ4v) is 4.69. The van der Waals surface area contributed by atoms with Gasteiger partial charge in [0.15, 0.2) is 0 Å². The number of hydrogen-bond donors (Lipinski definition) is 2. The van der Waals surface area contributed by atoms with E-state index < -0.39 is 5.97 Å². The van der Waals surface area contributed by atoms with Gasteiger partial charge in [-0.05, 0) is 50.9 Å². The van der Waals surface area contributed by atoms with Gasteiger partial charge in [-0.15, -0.1) is 0 Å². The molecule has 0 aromatic rings. The van der Waals surface area contributed by atoms with Crippen molar-refractivity contribution < 1.29 is 14.7 Å². The van der Waals surface area contributed by atoms with Crippen LogP contribution in [0.3, 0.4) is 0 Å². The molecule has 2 aliphatic rings. The van der Waals surface area contributed by atoms with Gasteiger partial charge in [-0.2, -0.15) is 0 Å². The van der Waals surface area contributed by atoms with E-state index in [4.69, 9.17) is 5.11 Å². The summed E-state index contributed by atoms with van der Waals surface area (Å²) in [6.07, 6.45) is 10.7. The average molecular weight is 374 g/mol. The minimum atomic E-state index is -0.706. The van der Waals surface area contributed by atoms with Crippen molar-refractivity contribution in [2.75, 3.05) is 0 Å². The summed E-state index contributed by atoms with van der Waals surface area (Å²) in [6, 6.07) is 0.298. The van der Waals surface area contributed by atoms with Gasteiger partial charge in [0.1, 0.15) is 0 Å². The van der Waals surface area contributed by atoms with Crippen molar-refractivity contribution in [3.05, 3.63) is 0 Å². The summed E-state index contributed by atoms with van der Waals surface area (Å²) in [4.78, 5) is 23.5. The molecule has 2 fully saturated rings. The molecule has 2 aliphatic carbocycles. The maximum absolute atomic E-state index is 12.4. The van der Waals surface area contributed by atoms with Crippen molar-refractivity contribution in [1.82, 2.24) is 5.32 Å². The van der Waals surface area contributed by atoms with E-state index in [-0.39, 0.29) is 18.2 Å². The van der Waals surface area contributed by atoms with E-state index in [2.05, 4.69) is 21.2 Å². The number of aliphatic carboxylic acids is 1. The van der Waals surface area contributed by atoms with Crippen molar-refractivity contribution in [2.45, 2.75) is 81.5 Å². The van der Waals surface area contributed by atoms with Crippen LogP contribution < -0.4 is 5.32 Å². The molecule has 2 saturated carbocycles. The highest BCUT2D eigenvalue weighted by Crippen LogP contribution is 2.31. The highest BCUT2D eigenvalue weighted by molar-refractivity contribution is 9.09. The van der Waals surface area contributed by atoms with E-state index >= 15 is 0 Å². The molecule has 0 saturated heterocycles. The third kappa shape index (κ3) is 5.90. The lowest BCUT2D eigenvalue weighted by molar-refractivity contribution is -0.137. The Labute approximate surface area is 141 Å². The standard InChI is InChI=1S/C17H28BrNO3/c18-14-7-3-6-13(11-14)17(22)19-15-8-1-4-12(10-15)5-2-9-16(20)21/h12-15H,1-11H2,(H,19,22)(H,20,21). The van der Waals surface area contributed by atoms with Crippen molar-refractivity contribution >= 4 is 27.8 Å². The number of amides is 1. The Bertz CT molecular complexity index is 388. The Morgan fingerprint density at radius 3 is 2.59 bits per heavy atom. The zero-order valence-corrected chi connectivity index (χ0v) is 14.8. The molecule has 4 unspecified atom stereocenters. The van der Waals surface area contributed by atoms with Gasteiger partial charge in [0, 0.05) is 23.2 Å². The predicted molar refractivity (Wildman–Crippen MR) is 90.0 cm³/mol. The lowest BCUT2D eigenvalue weighted by atomic mass is 9.82. The largest absolute Gasteiger partial charge is 0.481 e. The second-order valence-corrected chi connectivity index (χ2v) is 8.28. The quantitative estimate of drug-likeness (QED) is 0.694. The van der Waals surface area contributed by atoms with Gasteiger partial charge < -0.3 is 10.4 Å². The van der Waals surface area contributed by atoms with Crippen molar-refractivity contribution in [2.24, 2.45) is 11.8 Å². The zero-order chi connectivity index (χ0) is 15.9. The van der Waals surface area contributed by atoms with E-state index in [0.29, 0.717) is 16.8 Å². The van der Waals surface area contributed by atoms with Crippen molar-refractivity contribution in [1.29, 1.82) is 0 Å². The van der Waals surface area contributed by atoms with E-state index in [9.17, 15) is 9.59 Å². The maximum Gasteiger partial charge on any atom is 0.303 e. The number of carbonyl (C=O) groups excluding carboxylic acids is 1. The number of carboxylic acids is 1. The van der Waals surface area contributed by atoms with Gasteiger partial charge in [0.05, 0.1) is 0 Å². The maximum atomic E-state index is 12.4. The summed E-state index contributed by atoms with van der Waals surface area (Å²) >= 11 is 3.64. The summed E-state index contributed by atoms with van der Waals surface area (Å²) in [6.45, 7) is 0. The Morgan fingerprint density at radius 2 is 1.86 bits per heavy atom. The molecule has 0 heterocycles. The topological polar surface area (TPSA) is 66.4 Å². The number of alkyl halides is 1. The second kappa shape index (κ2) is 8.90. The van der Waals surface area contributed by atoms with Gasteiger partial charge in [0.25, 0.3) is 0 Å². The predicted octanol–water partition coefficient (Wildman–Crippen LogP) is 3.87. The summed E-state index contributed by atoms with van der Waals surface area (Å²) in [7, 11) is 0. The number of hydrogen-bond acceptors (Lipinski definition) is 2. The Morgan fingerprint density at radius 1 is 1.09 bits per heavy atom. The first-order chi connectivity index (χ1) is 10.5. The van der Waals surface area contributed by atoms with Crippen LogP contribution in [0.5, 0.6) is 0 Å². The molecule has 0 spiro atoms. The van der Waals surface area contributed by atoms with Crippen LogP contribution in [0.4, 0.5) is 0 Å². The van der Waals surface area contributed by atoms with E-state index in [0.717, 1.165) is 51.4 Å². The van der Waals surface area contributed by atoms with Crippen molar-refractivity contribution in [3.8, 4) is 0 Å². The lowest BCUT2D eigenvalue weighted by Gasteiger charge is -2.32. The number of carboxylic acid groups (broad SMARTS) is 1. The van der Waals surface area contributed by atoms with Crippen molar-refractivity contribution in [3.63, 3.8) is 0 Å². The Hall–Kier alpha value is -0.580. The fourth-order valence-electron chi connectivity index (χ4n) is 3.91. The van der Waals surface area contributed by atoms with Crippen LogP contribution in [-0.4, -0.2) is 27.9 Å². The highest BCUT2D eigenvalue weighted by Gasteiger charge is 2.29. The highest BCUT2D eigenvalue weighted by atomic mass is 79.9. The molecule has 4 atom stereocenters. The van der Waals surface area contributed by atoms with Gasteiger partial charge >= 0.3 is 5.97 Å². The third-order valence-corrected chi connectivity index (χ3v) is 5.94. The van der Waals surface area contributed by atoms with Gasteiger partial charge in [0.2, 0.25) is 5.91 Å². The molecule has 2 rings (SSSR count).